The van der Waals surface area contributed by atoms with Crippen molar-refractivity contribution in [3.05, 3.63) is 24.3 Å². The lowest BCUT2D eigenvalue weighted by molar-refractivity contribution is 0.343. The van der Waals surface area contributed by atoms with Crippen LogP contribution in [0.2, 0.25) is 0 Å². The van der Waals surface area contributed by atoms with Gasteiger partial charge in [-0.2, -0.15) is 0 Å². The Balaban J connectivity index is 2.15. The zero-order valence-electron chi connectivity index (χ0n) is 8.05. The molecule has 0 aliphatic carbocycles. The highest BCUT2D eigenvalue weighted by molar-refractivity contribution is 5.07. The van der Waals surface area contributed by atoms with Crippen molar-refractivity contribution in [2.24, 2.45) is 0 Å². The summed E-state index contributed by atoms with van der Waals surface area (Å²) < 4.78 is 0. The second kappa shape index (κ2) is 5.15. The van der Waals surface area contributed by atoms with Crippen LogP contribution in [0, 0.1) is 0 Å². The predicted octanol–water partition coefficient (Wildman–Crippen LogP) is 2.60. The number of hydrogen-bond acceptors (Lipinski definition) is 1. The van der Waals surface area contributed by atoms with Crippen LogP contribution in [0.5, 0.6) is 0 Å². The van der Waals surface area contributed by atoms with Gasteiger partial charge in [-0.25, -0.2) is 0 Å². The third kappa shape index (κ3) is 3.22. The maximum absolute atomic E-state index is 3.69. The van der Waals surface area contributed by atoms with E-state index in [1.165, 1.54) is 44.5 Å². The van der Waals surface area contributed by atoms with Gasteiger partial charge in [0.1, 0.15) is 0 Å². The molecule has 0 N–H and O–H groups in total. The molecule has 0 radical (unpaired) electrons. The van der Waals surface area contributed by atoms with Crippen LogP contribution >= 0.6 is 0 Å². The first-order valence-corrected chi connectivity index (χ1v) is 4.83. The SMILES string of the molecule is C=C/C=C(\C)CCN1CCCC1. The molecule has 0 amide bonds. The zero-order chi connectivity index (χ0) is 8.81. The molecule has 12 heavy (non-hydrogen) atoms. The van der Waals surface area contributed by atoms with Crippen LogP contribution in [0.25, 0.3) is 0 Å². The average molecular weight is 165 g/mol. The van der Waals surface area contributed by atoms with Crippen molar-refractivity contribution < 1.29 is 0 Å². The normalized spacial score (nSPS) is 19.9. The van der Waals surface area contributed by atoms with Crippen LogP contribution in [0.3, 0.4) is 0 Å². The number of nitrogens with zero attached hydrogens (tertiary/aromatic N) is 1. The highest BCUT2D eigenvalue weighted by Crippen LogP contribution is 2.09. The quantitative estimate of drug-likeness (QED) is 0.579. The lowest BCUT2D eigenvalue weighted by Crippen LogP contribution is -2.20. The minimum atomic E-state index is 1.20. The first-order chi connectivity index (χ1) is 5.83. The lowest BCUT2D eigenvalue weighted by atomic mass is 10.2. The topological polar surface area (TPSA) is 3.24 Å². The first kappa shape index (κ1) is 9.53. The van der Waals surface area contributed by atoms with Crippen molar-refractivity contribution in [2.45, 2.75) is 26.2 Å². The molecule has 1 heteroatoms. The molecule has 1 aliphatic rings. The number of hydrogen-bond donors (Lipinski definition) is 0. The second-order valence-corrected chi connectivity index (χ2v) is 3.55. The molecule has 1 saturated heterocycles. The van der Waals surface area contributed by atoms with Gasteiger partial charge >= 0.3 is 0 Å². The molecule has 0 saturated carbocycles. The van der Waals surface area contributed by atoms with Crippen molar-refractivity contribution in [1.82, 2.24) is 4.90 Å². The van der Waals surface area contributed by atoms with Crippen molar-refractivity contribution >= 4 is 0 Å². The molecule has 1 aliphatic heterocycles. The Hall–Kier alpha value is -0.560. The zero-order valence-corrected chi connectivity index (χ0v) is 8.05. The average Bonchev–Trinajstić information content (AvgIpc) is 2.53. The largest absolute Gasteiger partial charge is 0.303 e. The molecular weight excluding hydrogens is 146 g/mol. The fourth-order valence-electron chi connectivity index (χ4n) is 1.63. The molecule has 68 valence electrons. The number of rotatable bonds is 4. The van der Waals surface area contributed by atoms with Crippen molar-refractivity contribution in [1.29, 1.82) is 0 Å². The summed E-state index contributed by atoms with van der Waals surface area (Å²) >= 11 is 0. The van der Waals surface area contributed by atoms with Gasteiger partial charge in [0.05, 0.1) is 0 Å². The Morgan fingerprint density at radius 3 is 2.67 bits per heavy atom. The molecular formula is C11H19N. The smallest absolute Gasteiger partial charge is 0.00186 e. The van der Waals surface area contributed by atoms with E-state index in [0.717, 1.165) is 0 Å². The number of allylic oxidation sites excluding steroid dienone is 2. The van der Waals surface area contributed by atoms with Gasteiger partial charge in [-0.3, -0.25) is 0 Å². The van der Waals surface area contributed by atoms with E-state index in [4.69, 9.17) is 0 Å². The lowest BCUT2D eigenvalue weighted by Gasteiger charge is -2.13. The molecule has 0 aromatic heterocycles. The van der Waals surface area contributed by atoms with Gasteiger partial charge < -0.3 is 4.90 Å². The van der Waals surface area contributed by atoms with Crippen LogP contribution in [-0.2, 0) is 0 Å². The van der Waals surface area contributed by atoms with Gasteiger partial charge in [-0.1, -0.05) is 24.3 Å². The van der Waals surface area contributed by atoms with E-state index in [0.29, 0.717) is 0 Å². The monoisotopic (exact) mass is 165 g/mol. The summed E-state index contributed by atoms with van der Waals surface area (Å²) in [6.07, 6.45) is 7.97. The van der Waals surface area contributed by atoms with Crippen LogP contribution in [0.15, 0.2) is 24.3 Å². The van der Waals surface area contributed by atoms with Gasteiger partial charge in [0, 0.05) is 6.54 Å². The Kier molecular flexibility index (Phi) is 4.09. The fourth-order valence-corrected chi connectivity index (χ4v) is 1.63. The van der Waals surface area contributed by atoms with E-state index < -0.39 is 0 Å². The van der Waals surface area contributed by atoms with E-state index in [-0.39, 0.29) is 0 Å². The van der Waals surface area contributed by atoms with Gasteiger partial charge in [-0.15, -0.1) is 0 Å². The van der Waals surface area contributed by atoms with Gasteiger partial charge in [0.2, 0.25) is 0 Å². The van der Waals surface area contributed by atoms with E-state index in [1.807, 2.05) is 6.08 Å². The highest BCUT2D eigenvalue weighted by atomic mass is 15.1. The Bertz CT molecular complexity index is 164. The Morgan fingerprint density at radius 1 is 1.42 bits per heavy atom. The van der Waals surface area contributed by atoms with Crippen molar-refractivity contribution in [3.8, 4) is 0 Å². The van der Waals surface area contributed by atoms with Gasteiger partial charge in [0.15, 0.2) is 0 Å². The Labute approximate surface area is 75.8 Å². The molecule has 0 spiro atoms. The molecule has 1 rings (SSSR count). The second-order valence-electron chi connectivity index (χ2n) is 3.55. The summed E-state index contributed by atoms with van der Waals surface area (Å²) in [4.78, 5) is 2.54. The van der Waals surface area contributed by atoms with Crippen molar-refractivity contribution in [3.63, 3.8) is 0 Å². The molecule has 0 aromatic carbocycles. The van der Waals surface area contributed by atoms with Gasteiger partial charge in [-0.05, 0) is 39.3 Å². The van der Waals surface area contributed by atoms with Crippen LogP contribution in [-0.4, -0.2) is 24.5 Å². The predicted molar refractivity (Wildman–Crippen MR) is 54.2 cm³/mol. The minimum Gasteiger partial charge on any atom is -0.303 e. The maximum Gasteiger partial charge on any atom is 0.00186 e. The summed E-state index contributed by atoms with van der Waals surface area (Å²) in [5, 5.41) is 0. The molecule has 1 nitrogen and oxygen atoms in total. The molecule has 0 bridgehead atoms. The summed E-state index contributed by atoms with van der Waals surface area (Å²) in [5.41, 5.74) is 1.44. The summed E-state index contributed by atoms with van der Waals surface area (Å²) in [7, 11) is 0. The fraction of sp³-hybridized carbons (Fsp3) is 0.636. The van der Waals surface area contributed by atoms with Crippen LogP contribution in [0.4, 0.5) is 0 Å². The standard InChI is InChI=1S/C11H19N/c1-3-6-11(2)7-10-12-8-4-5-9-12/h3,6H,1,4-5,7-10H2,2H3/b11-6+. The number of likely N-dealkylation sites (tertiary alicyclic amines) is 1. The van der Waals surface area contributed by atoms with Crippen LogP contribution < -0.4 is 0 Å². The third-order valence-electron chi connectivity index (χ3n) is 2.42. The molecule has 0 unspecified atom stereocenters. The Morgan fingerprint density at radius 2 is 2.08 bits per heavy atom. The van der Waals surface area contributed by atoms with Gasteiger partial charge in [0.25, 0.3) is 0 Å². The van der Waals surface area contributed by atoms with Crippen molar-refractivity contribution in [2.75, 3.05) is 19.6 Å². The molecule has 1 heterocycles. The van der Waals surface area contributed by atoms with E-state index in [2.05, 4.69) is 24.5 Å². The van der Waals surface area contributed by atoms with E-state index >= 15 is 0 Å². The molecule has 0 atom stereocenters. The summed E-state index contributed by atoms with van der Waals surface area (Å²) in [5.74, 6) is 0. The van der Waals surface area contributed by atoms with E-state index in [9.17, 15) is 0 Å². The molecule has 0 aromatic rings. The first-order valence-electron chi connectivity index (χ1n) is 4.83. The van der Waals surface area contributed by atoms with E-state index in [1.54, 1.807) is 0 Å². The maximum atomic E-state index is 3.69. The summed E-state index contributed by atoms with van der Waals surface area (Å²) in [6, 6.07) is 0. The third-order valence-corrected chi connectivity index (χ3v) is 2.42. The highest BCUT2D eigenvalue weighted by Gasteiger charge is 2.09. The minimum absolute atomic E-state index is 1.20. The summed E-state index contributed by atoms with van der Waals surface area (Å²) in [6.45, 7) is 9.71. The van der Waals surface area contributed by atoms with Crippen LogP contribution in [0.1, 0.15) is 26.2 Å². The molecule has 1 fully saturated rings.